The Hall–Kier alpha value is -3.78. The molecule has 1 N–H and O–H groups in total. The van der Waals surface area contributed by atoms with Crippen molar-refractivity contribution in [2.75, 3.05) is 31.6 Å². The molecule has 0 saturated heterocycles. The molecule has 1 amide bonds. The summed E-state index contributed by atoms with van der Waals surface area (Å²) in [6, 6.07) is 16.4. The van der Waals surface area contributed by atoms with E-state index in [1.54, 1.807) is 36.4 Å². The smallest absolute Gasteiger partial charge is 0.344 e. The van der Waals surface area contributed by atoms with Gasteiger partial charge in [-0.25, -0.2) is 13.6 Å². The quantitative estimate of drug-likeness (QED) is 0.231. The van der Waals surface area contributed by atoms with Gasteiger partial charge in [-0.15, -0.1) is 0 Å². The van der Waals surface area contributed by atoms with E-state index in [1.165, 1.54) is 30.3 Å². The van der Waals surface area contributed by atoms with Gasteiger partial charge in [0.25, 0.3) is 5.91 Å². The van der Waals surface area contributed by atoms with E-state index in [2.05, 4.69) is 24.1 Å². The van der Waals surface area contributed by atoms with Gasteiger partial charge in [-0.05, 0) is 86.4 Å². The third-order valence-electron chi connectivity index (χ3n) is 6.47. The number of hydrogen-bond acceptors (Lipinski definition) is 5. The lowest BCUT2D eigenvalue weighted by Gasteiger charge is -2.20. The Morgan fingerprint density at radius 2 is 1.67 bits per heavy atom. The maximum atomic E-state index is 14.5. The van der Waals surface area contributed by atoms with Crippen LogP contribution in [0.2, 0.25) is 0 Å². The number of anilines is 1. The molecule has 39 heavy (non-hydrogen) atoms. The van der Waals surface area contributed by atoms with E-state index >= 15 is 0 Å². The molecule has 0 radical (unpaired) electrons. The standard InChI is InChI=1S/C31H36F2N2O4/c1-4-26(14-9-17-35(5-2)6-3)39-30(36)21-38-27-13-8-12-25(20-27)34-31(37)28-19-23(15-16-29(28)33)22-10-7-11-24(32)18-22/h7-8,10-13,15-16,18-20,26H,4-6,9,14,17,21H2,1-3H3,(H,34,37). The molecule has 3 aromatic rings. The molecule has 8 heteroatoms. The van der Waals surface area contributed by atoms with Crippen LogP contribution in [-0.4, -0.2) is 49.1 Å². The molecule has 0 aliphatic rings. The van der Waals surface area contributed by atoms with Crippen LogP contribution >= 0.6 is 0 Å². The Kier molecular flexibility index (Phi) is 11.4. The summed E-state index contributed by atoms with van der Waals surface area (Å²) in [5.41, 5.74) is 1.22. The van der Waals surface area contributed by atoms with E-state index in [0.717, 1.165) is 38.9 Å². The lowest BCUT2D eigenvalue weighted by Crippen LogP contribution is -2.26. The first-order chi connectivity index (χ1) is 18.8. The van der Waals surface area contributed by atoms with Crippen LogP contribution in [0.15, 0.2) is 66.7 Å². The van der Waals surface area contributed by atoms with Gasteiger partial charge in [0.2, 0.25) is 0 Å². The largest absolute Gasteiger partial charge is 0.482 e. The Labute approximate surface area is 228 Å². The van der Waals surface area contributed by atoms with Crippen LogP contribution in [0.3, 0.4) is 0 Å². The van der Waals surface area contributed by atoms with Gasteiger partial charge in [0.15, 0.2) is 6.61 Å². The van der Waals surface area contributed by atoms with Crippen LogP contribution < -0.4 is 10.1 Å². The summed E-state index contributed by atoms with van der Waals surface area (Å²) in [5, 5.41) is 2.65. The van der Waals surface area contributed by atoms with E-state index in [4.69, 9.17) is 9.47 Å². The molecule has 3 aromatic carbocycles. The molecule has 0 aliphatic carbocycles. The van der Waals surface area contributed by atoms with Gasteiger partial charge >= 0.3 is 5.97 Å². The topological polar surface area (TPSA) is 67.9 Å². The van der Waals surface area contributed by atoms with Crippen LogP contribution in [0, 0.1) is 11.6 Å². The Bertz CT molecular complexity index is 1250. The molecule has 0 aliphatic heterocycles. The SMILES string of the molecule is CCC(CCCN(CC)CC)OC(=O)COc1cccc(NC(=O)c2cc(-c3cccc(F)c3)ccc2F)c1. The van der Waals surface area contributed by atoms with Crippen LogP contribution in [0.25, 0.3) is 11.1 Å². The molecular weight excluding hydrogens is 502 g/mol. The molecular formula is C31H36F2N2O4. The van der Waals surface area contributed by atoms with Crippen LogP contribution in [-0.2, 0) is 9.53 Å². The minimum absolute atomic E-state index is 0.166. The third kappa shape index (κ3) is 9.18. The maximum absolute atomic E-state index is 14.5. The molecule has 6 nitrogen and oxygen atoms in total. The van der Waals surface area contributed by atoms with Crippen molar-refractivity contribution in [1.29, 1.82) is 0 Å². The molecule has 0 bridgehead atoms. The van der Waals surface area contributed by atoms with Gasteiger partial charge in [0.05, 0.1) is 5.56 Å². The first-order valence-electron chi connectivity index (χ1n) is 13.3. The predicted octanol–water partition coefficient (Wildman–Crippen LogP) is 6.71. The fraction of sp³-hybridized carbons (Fsp3) is 0.355. The lowest BCUT2D eigenvalue weighted by atomic mass is 10.0. The minimum atomic E-state index is -0.703. The highest BCUT2D eigenvalue weighted by atomic mass is 19.1. The van der Waals surface area contributed by atoms with Crippen molar-refractivity contribution in [3.63, 3.8) is 0 Å². The van der Waals surface area contributed by atoms with Gasteiger partial charge in [0, 0.05) is 11.8 Å². The van der Waals surface area contributed by atoms with E-state index < -0.39 is 23.5 Å². The van der Waals surface area contributed by atoms with E-state index in [1.807, 2.05) is 6.92 Å². The average Bonchev–Trinajstić information content (AvgIpc) is 2.94. The van der Waals surface area contributed by atoms with Crippen molar-refractivity contribution in [2.45, 2.75) is 46.1 Å². The fourth-order valence-electron chi connectivity index (χ4n) is 4.20. The zero-order chi connectivity index (χ0) is 28.2. The number of nitrogens with one attached hydrogen (secondary N) is 1. The summed E-state index contributed by atoms with van der Waals surface area (Å²) >= 11 is 0. The highest BCUT2D eigenvalue weighted by Crippen LogP contribution is 2.24. The van der Waals surface area contributed by atoms with Crippen molar-refractivity contribution in [2.24, 2.45) is 0 Å². The molecule has 0 fully saturated rings. The Morgan fingerprint density at radius 3 is 2.38 bits per heavy atom. The van der Waals surface area contributed by atoms with Crippen molar-refractivity contribution in [3.05, 3.63) is 83.9 Å². The number of ether oxygens (including phenoxy) is 2. The lowest BCUT2D eigenvalue weighted by molar-refractivity contribution is -0.152. The van der Waals surface area contributed by atoms with Gasteiger partial charge in [-0.2, -0.15) is 0 Å². The second-order valence-electron chi connectivity index (χ2n) is 9.16. The zero-order valence-corrected chi connectivity index (χ0v) is 22.7. The maximum Gasteiger partial charge on any atom is 0.344 e. The highest BCUT2D eigenvalue weighted by Gasteiger charge is 2.16. The molecule has 0 spiro atoms. The highest BCUT2D eigenvalue weighted by molar-refractivity contribution is 6.05. The predicted molar refractivity (Wildman–Crippen MR) is 149 cm³/mol. The van der Waals surface area contributed by atoms with Gasteiger partial charge in [0.1, 0.15) is 23.5 Å². The minimum Gasteiger partial charge on any atom is -0.482 e. The number of rotatable bonds is 14. The third-order valence-corrected chi connectivity index (χ3v) is 6.47. The second kappa shape index (κ2) is 15.0. The van der Waals surface area contributed by atoms with Crippen molar-refractivity contribution in [3.8, 4) is 16.9 Å². The summed E-state index contributed by atoms with van der Waals surface area (Å²) in [6.45, 7) is 8.93. The number of carbonyl (C=O) groups is 2. The first-order valence-corrected chi connectivity index (χ1v) is 13.3. The Morgan fingerprint density at radius 1 is 0.923 bits per heavy atom. The number of halogens is 2. The van der Waals surface area contributed by atoms with Gasteiger partial charge < -0.3 is 19.7 Å². The molecule has 0 heterocycles. The van der Waals surface area contributed by atoms with Crippen LogP contribution in [0.1, 0.15) is 50.4 Å². The van der Waals surface area contributed by atoms with Gasteiger partial charge in [-0.1, -0.05) is 45.0 Å². The molecule has 0 saturated carbocycles. The monoisotopic (exact) mass is 538 g/mol. The second-order valence-corrected chi connectivity index (χ2v) is 9.16. The number of nitrogens with zero attached hydrogens (tertiary/aromatic N) is 1. The Balaban J connectivity index is 1.56. The summed E-state index contributed by atoms with van der Waals surface area (Å²) < 4.78 is 39.3. The van der Waals surface area contributed by atoms with Gasteiger partial charge in [-0.3, -0.25) is 4.79 Å². The molecule has 208 valence electrons. The summed E-state index contributed by atoms with van der Waals surface area (Å²) in [5.74, 6) is -1.91. The molecule has 1 unspecified atom stereocenters. The molecule has 0 aromatic heterocycles. The summed E-state index contributed by atoms with van der Waals surface area (Å²) in [6.07, 6.45) is 2.29. The van der Waals surface area contributed by atoms with E-state index in [-0.39, 0.29) is 18.3 Å². The number of hydrogen-bond donors (Lipinski definition) is 1. The normalized spacial score (nSPS) is 11.7. The number of esters is 1. The van der Waals surface area contributed by atoms with E-state index in [9.17, 15) is 18.4 Å². The van der Waals surface area contributed by atoms with Crippen molar-refractivity contribution < 1.29 is 27.8 Å². The summed E-state index contributed by atoms with van der Waals surface area (Å²) in [4.78, 5) is 27.5. The summed E-state index contributed by atoms with van der Waals surface area (Å²) in [7, 11) is 0. The average molecular weight is 539 g/mol. The number of carbonyl (C=O) groups excluding carboxylic acids is 2. The van der Waals surface area contributed by atoms with Crippen LogP contribution in [0.5, 0.6) is 5.75 Å². The van der Waals surface area contributed by atoms with Crippen molar-refractivity contribution in [1.82, 2.24) is 4.90 Å². The number of amides is 1. The first kappa shape index (κ1) is 29.8. The molecule has 1 atom stereocenters. The number of benzene rings is 3. The fourth-order valence-corrected chi connectivity index (χ4v) is 4.20. The zero-order valence-electron chi connectivity index (χ0n) is 22.7. The molecule has 3 rings (SSSR count). The van der Waals surface area contributed by atoms with Crippen molar-refractivity contribution >= 4 is 17.6 Å². The van der Waals surface area contributed by atoms with E-state index in [0.29, 0.717) is 22.6 Å². The van der Waals surface area contributed by atoms with Crippen LogP contribution in [0.4, 0.5) is 14.5 Å².